The van der Waals surface area contributed by atoms with Crippen LogP contribution in [-0.2, 0) is 0 Å². The zero-order chi connectivity index (χ0) is 12.9. The fourth-order valence-electron chi connectivity index (χ4n) is 2.33. The second-order valence-electron chi connectivity index (χ2n) is 4.44. The Bertz CT molecular complexity index is 710. The molecule has 4 nitrogen and oxygen atoms in total. The van der Waals surface area contributed by atoms with Crippen LogP contribution in [0.2, 0.25) is 0 Å². The van der Waals surface area contributed by atoms with Crippen LogP contribution in [0.15, 0.2) is 36.4 Å². The van der Waals surface area contributed by atoms with Gasteiger partial charge in [-0.15, -0.1) is 0 Å². The van der Waals surface area contributed by atoms with Crippen molar-refractivity contribution in [2.45, 2.75) is 0 Å². The van der Waals surface area contributed by atoms with Crippen molar-refractivity contribution in [2.24, 2.45) is 0 Å². The molecule has 0 aliphatic rings. The van der Waals surface area contributed by atoms with Crippen LogP contribution >= 0.6 is 0 Å². The number of hydrogen-bond acceptors (Lipinski definition) is 4. The van der Waals surface area contributed by atoms with Crippen molar-refractivity contribution >= 4 is 44.3 Å². The molecule has 0 fully saturated rings. The molecule has 8 N–H and O–H groups in total. The van der Waals surface area contributed by atoms with Crippen molar-refractivity contribution in [1.82, 2.24) is 0 Å². The molecule has 0 spiro atoms. The summed E-state index contributed by atoms with van der Waals surface area (Å²) in [6.07, 6.45) is 0. The molecule has 0 bridgehead atoms. The number of rotatable bonds is 0. The van der Waals surface area contributed by atoms with Crippen LogP contribution in [0.25, 0.3) is 21.5 Å². The number of nitrogen functional groups attached to an aromatic ring is 4. The quantitative estimate of drug-likeness (QED) is 0.274. The van der Waals surface area contributed by atoms with Crippen LogP contribution in [0, 0.1) is 0 Å². The van der Waals surface area contributed by atoms with E-state index < -0.39 is 0 Å². The van der Waals surface area contributed by atoms with Gasteiger partial charge < -0.3 is 22.9 Å². The van der Waals surface area contributed by atoms with Crippen molar-refractivity contribution in [3.8, 4) is 0 Å². The van der Waals surface area contributed by atoms with Crippen molar-refractivity contribution in [2.75, 3.05) is 22.9 Å². The summed E-state index contributed by atoms with van der Waals surface area (Å²) in [4.78, 5) is 0. The van der Waals surface area contributed by atoms with Gasteiger partial charge in [-0.25, -0.2) is 0 Å². The molecular formula is C14H14N4. The van der Waals surface area contributed by atoms with Gasteiger partial charge >= 0.3 is 0 Å². The van der Waals surface area contributed by atoms with Gasteiger partial charge in [0.1, 0.15) is 0 Å². The first-order chi connectivity index (χ1) is 8.58. The van der Waals surface area contributed by atoms with Crippen molar-refractivity contribution in [3.05, 3.63) is 36.4 Å². The van der Waals surface area contributed by atoms with E-state index in [1.165, 1.54) is 0 Å². The lowest BCUT2D eigenvalue weighted by molar-refractivity contribution is 1.71. The Morgan fingerprint density at radius 2 is 0.889 bits per heavy atom. The van der Waals surface area contributed by atoms with Gasteiger partial charge in [-0.3, -0.25) is 0 Å². The summed E-state index contributed by atoms with van der Waals surface area (Å²) in [5.41, 5.74) is 26.7. The molecule has 0 heterocycles. The Morgan fingerprint density at radius 1 is 0.500 bits per heavy atom. The number of benzene rings is 3. The third-order valence-corrected chi connectivity index (χ3v) is 3.25. The highest BCUT2D eigenvalue weighted by atomic mass is 14.6. The number of anilines is 4. The molecule has 0 saturated heterocycles. The van der Waals surface area contributed by atoms with E-state index in [2.05, 4.69) is 0 Å². The molecule has 0 saturated carbocycles. The summed E-state index contributed by atoms with van der Waals surface area (Å²) in [7, 11) is 0. The minimum Gasteiger partial charge on any atom is -0.399 e. The van der Waals surface area contributed by atoms with Crippen molar-refractivity contribution < 1.29 is 0 Å². The van der Waals surface area contributed by atoms with Gasteiger partial charge in [0, 0.05) is 44.3 Å². The Labute approximate surface area is 104 Å². The van der Waals surface area contributed by atoms with Gasteiger partial charge in [0.05, 0.1) is 0 Å². The normalized spacial score (nSPS) is 11.1. The topological polar surface area (TPSA) is 104 Å². The Morgan fingerprint density at radius 3 is 1.28 bits per heavy atom. The van der Waals surface area contributed by atoms with Crippen LogP contribution in [0.1, 0.15) is 0 Å². The SMILES string of the molecule is Nc1ccc2c(N)c3cc(N)ccc3c(N)c2c1. The summed E-state index contributed by atoms with van der Waals surface area (Å²) in [6.45, 7) is 0. The monoisotopic (exact) mass is 238 g/mol. The van der Waals surface area contributed by atoms with Crippen molar-refractivity contribution in [1.29, 1.82) is 0 Å². The maximum Gasteiger partial charge on any atom is 0.0475 e. The third kappa shape index (κ3) is 1.32. The van der Waals surface area contributed by atoms with E-state index in [1.807, 2.05) is 36.4 Å². The third-order valence-electron chi connectivity index (χ3n) is 3.25. The Kier molecular flexibility index (Phi) is 2.01. The Hall–Kier alpha value is -2.62. The maximum absolute atomic E-state index is 6.19. The van der Waals surface area contributed by atoms with Gasteiger partial charge in [0.25, 0.3) is 0 Å². The largest absolute Gasteiger partial charge is 0.399 e. The summed E-state index contributed by atoms with van der Waals surface area (Å²) < 4.78 is 0. The highest BCUT2D eigenvalue weighted by molar-refractivity contribution is 6.19. The van der Waals surface area contributed by atoms with Gasteiger partial charge in [-0.2, -0.15) is 0 Å². The first-order valence-electron chi connectivity index (χ1n) is 5.63. The fraction of sp³-hybridized carbons (Fsp3) is 0. The van der Waals surface area contributed by atoms with Crippen LogP contribution in [0.4, 0.5) is 22.7 Å². The molecular weight excluding hydrogens is 224 g/mol. The molecule has 3 aromatic rings. The predicted octanol–water partition coefficient (Wildman–Crippen LogP) is 2.32. The first-order valence-corrected chi connectivity index (χ1v) is 5.63. The highest BCUT2D eigenvalue weighted by Gasteiger charge is 2.10. The number of hydrogen-bond donors (Lipinski definition) is 4. The molecule has 3 rings (SSSR count). The van der Waals surface area contributed by atoms with Crippen LogP contribution in [-0.4, -0.2) is 0 Å². The molecule has 3 aromatic carbocycles. The van der Waals surface area contributed by atoms with Crippen LogP contribution in [0.3, 0.4) is 0 Å². The maximum atomic E-state index is 6.19. The summed E-state index contributed by atoms with van der Waals surface area (Å²) >= 11 is 0. The molecule has 0 aliphatic carbocycles. The molecule has 4 heteroatoms. The van der Waals surface area contributed by atoms with Gasteiger partial charge in [-0.05, 0) is 24.3 Å². The molecule has 90 valence electrons. The van der Waals surface area contributed by atoms with Crippen LogP contribution < -0.4 is 22.9 Å². The van der Waals surface area contributed by atoms with E-state index in [0.29, 0.717) is 22.7 Å². The lowest BCUT2D eigenvalue weighted by atomic mass is 9.98. The smallest absolute Gasteiger partial charge is 0.0475 e. The second-order valence-corrected chi connectivity index (χ2v) is 4.44. The van der Waals surface area contributed by atoms with E-state index in [0.717, 1.165) is 21.5 Å². The molecule has 18 heavy (non-hydrogen) atoms. The summed E-state index contributed by atoms with van der Waals surface area (Å²) in [5, 5.41) is 3.56. The lowest BCUT2D eigenvalue weighted by Gasteiger charge is -2.12. The lowest BCUT2D eigenvalue weighted by Crippen LogP contribution is -1.97. The van der Waals surface area contributed by atoms with E-state index in [-0.39, 0.29) is 0 Å². The average Bonchev–Trinajstić information content (AvgIpc) is 2.36. The van der Waals surface area contributed by atoms with Crippen LogP contribution in [0.5, 0.6) is 0 Å². The standard InChI is InChI=1S/C14H14N4/c15-7-1-3-9-11(5-7)14(18)10-4-2-8(16)6-12(10)13(9)17/h1-6H,15-18H2. The zero-order valence-corrected chi connectivity index (χ0v) is 9.77. The minimum absolute atomic E-state index is 0.670. The highest BCUT2D eigenvalue weighted by Crippen LogP contribution is 2.38. The van der Waals surface area contributed by atoms with E-state index in [1.54, 1.807) is 0 Å². The van der Waals surface area contributed by atoms with Gasteiger partial charge in [-0.1, -0.05) is 12.1 Å². The second kappa shape index (κ2) is 3.43. The summed E-state index contributed by atoms with van der Waals surface area (Å²) in [5.74, 6) is 0. The number of nitrogens with two attached hydrogens (primary N) is 4. The zero-order valence-electron chi connectivity index (χ0n) is 9.77. The first kappa shape index (κ1) is 10.5. The molecule has 0 atom stereocenters. The van der Waals surface area contributed by atoms with E-state index in [9.17, 15) is 0 Å². The van der Waals surface area contributed by atoms with Gasteiger partial charge in [0.2, 0.25) is 0 Å². The Balaban J connectivity index is 2.60. The van der Waals surface area contributed by atoms with Crippen molar-refractivity contribution in [3.63, 3.8) is 0 Å². The fourth-order valence-corrected chi connectivity index (χ4v) is 2.33. The van der Waals surface area contributed by atoms with E-state index in [4.69, 9.17) is 22.9 Å². The molecule has 0 aromatic heterocycles. The molecule has 0 amide bonds. The molecule has 0 unspecified atom stereocenters. The van der Waals surface area contributed by atoms with Gasteiger partial charge in [0.15, 0.2) is 0 Å². The predicted molar refractivity (Wildman–Crippen MR) is 79.1 cm³/mol. The summed E-state index contributed by atoms with van der Waals surface area (Å²) in [6, 6.07) is 11.1. The number of fused-ring (bicyclic) bond motifs is 2. The minimum atomic E-state index is 0.670. The molecule has 0 aliphatic heterocycles. The molecule has 0 radical (unpaired) electrons. The average molecular weight is 238 g/mol. The van der Waals surface area contributed by atoms with E-state index >= 15 is 0 Å².